The number of pyridine rings is 1. The van der Waals surface area contributed by atoms with Crippen molar-refractivity contribution in [2.24, 2.45) is 0 Å². The van der Waals surface area contributed by atoms with Crippen LogP contribution in [0.4, 0.5) is 0 Å². The maximum Gasteiger partial charge on any atom is 0.197 e. The molecule has 7 heteroatoms. The van der Waals surface area contributed by atoms with Gasteiger partial charge >= 0.3 is 0 Å². The topological polar surface area (TPSA) is 71.8 Å². The lowest BCUT2D eigenvalue weighted by Gasteiger charge is -2.22. The largest absolute Gasteiger partial charge is 0.302 e. The fourth-order valence-corrected chi connectivity index (χ4v) is 6.18. The van der Waals surface area contributed by atoms with Crippen molar-refractivity contribution in [2.75, 3.05) is 0 Å². The molecule has 0 spiro atoms. The summed E-state index contributed by atoms with van der Waals surface area (Å²) in [4.78, 5) is 4.88. The molecule has 5 aromatic rings. The molecule has 3 aromatic heterocycles. The van der Waals surface area contributed by atoms with Crippen LogP contribution in [0.2, 0.25) is 0 Å². The van der Waals surface area contributed by atoms with Crippen LogP contribution in [-0.2, 0) is 25.8 Å². The Morgan fingerprint density at radius 3 is 2.57 bits per heavy atom. The summed E-state index contributed by atoms with van der Waals surface area (Å²) in [5.41, 5.74) is 6.92. The number of nitrogens with zero attached hydrogens (tertiary/aromatic N) is 6. The molecule has 0 aliphatic heterocycles. The van der Waals surface area contributed by atoms with Gasteiger partial charge in [-0.1, -0.05) is 48.5 Å². The van der Waals surface area contributed by atoms with Gasteiger partial charge in [-0.2, -0.15) is 5.26 Å². The molecule has 0 atom stereocenters. The minimum Gasteiger partial charge on any atom is -0.302 e. The molecule has 6 rings (SSSR count). The van der Waals surface area contributed by atoms with E-state index in [9.17, 15) is 5.26 Å². The second-order valence-electron chi connectivity index (χ2n) is 8.78. The molecule has 0 saturated heterocycles. The van der Waals surface area contributed by atoms with Crippen molar-refractivity contribution in [3.05, 3.63) is 95.3 Å². The second kappa shape index (κ2) is 9.05. The van der Waals surface area contributed by atoms with Gasteiger partial charge in [0.15, 0.2) is 10.8 Å². The van der Waals surface area contributed by atoms with E-state index in [0.717, 1.165) is 63.9 Å². The molecule has 35 heavy (non-hydrogen) atoms. The summed E-state index contributed by atoms with van der Waals surface area (Å²) < 4.78 is 4.30. The normalized spacial score (nSPS) is 13.1. The van der Waals surface area contributed by atoms with E-state index in [2.05, 4.69) is 50.0 Å². The minimum atomic E-state index is 0.629. The van der Waals surface area contributed by atoms with Crippen LogP contribution in [0.3, 0.4) is 0 Å². The lowest BCUT2D eigenvalue weighted by atomic mass is 9.90. The first-order valence-electron chi connectivity index (χ1n) is 11.9. The molecule has 3 heterocycles. The van der Waals surface area contributed by atoms with E-state index < -0.39 is 0 Å². The Labute approximate surface area is 207 Å². The van der Waals surface area contributed by atoms with E-state index in [-0.39, 0.29) is 0 Å². The Morgan fingerprint density at radius 2 is 1.77 bits per heavy atom. The number of para-hydroxylation sites is 2. The highest BCUT2D eigenvalue weighted by Crippen LogP contribution is 2.39. The summed E-state index contributed by atoms with van der Waals surface area (Å²) in [6.45, 7) is 4.60. The Balaban J connectivity index is 1.55. The summed E-state index contributed by atoms with van der Waals surface area (Å²) in [5.74, 6) is 0.910. The standard InChI is InChI=1S/C28H24N6S/c1-2-16-33-25(17-19-10-4-3-5-11-19)31-32-28(33)35-27-21-13-7-6-12-20(21)22(18-29)26-30-23-14-8-9-15-24(23)34(26)27/h2-5,8-11,14-15H,1,6-7,12-13,16-17H2. The number of fused-ring (bicyclic) bond motifs is 4. The monoisotopic (exact) mass is 476 g/mol. The summed E-state index contributed by atoms with van der Waals surface area (Å²) in [7, 11) is 0. The fourth-order valence-electron chi connectivity index (χ4n) is 5.01. The predicted octanol–water partition coefficient (Wildman–Crippen LogP) is 5.76. The molecule has 0 saturated carbocycles. The summed E-state index contributed by atoms with van der Waals surface area (Å²) >= 11 is 1.62. The van der Waals surface area contributed by atoms with Crippen LogP contribution >= 0.6 is 11.8 Å². The summed E-state index contributed by atoms with van der Waals surface area (Å²) in [5, 5.41) is 21.2. The molecule has 0 fully saturated rings. The van der Waals surface area contributed by atoms with Crippen LogP contribution in [0.15, 0.2) is 77.4 Å². The van der Waals surface area contributed by atoms with Crippen LogP contribution in [0.1, 0.15) is 40.9 Å². The summed E-state index contributed by atoms with van der Waals surface area (Å²) in [6, 6.07) is 20.9. The van der Waals surface area contributed by atoms with Crippen molar-refractivity contribution in [2.45, 2.75) is 48.8 Å². The fraction of sp³-hybridized carbons (Fsp3) is 0.214. The van der Waals surface area contributed by atoms with Crippen LogP contribution < -0.4 is 0 Å². The zero-order valence-electron chi connectivity index (χ0n) is 19.3. The first-order chi connectivity index (χ1) is 17.3. The molecule has 0 N–H and O–H groups in total. The van der Waals surface area contributed by atoms with E-state index in [1.807, 2.05) is 42.5 Å². The van der Waals surface area contributed by atoms with E-state index in [4.69, 9.17) is 4.98 Å². The minimum absolute atomic E-state index is 0.629. The van der Waals surface area contributed by atoms with Crippen molar-refractivity contribution in [3.8, 4) is 6.07 Å². The van der Waals surface area contributed by atoms with E-state index in [1.54, 1.807) is 11.8 Å². The van der Waals surface area contributed by atoms with Gasteiger partial charge in [-0.15, -0.1) is 16.8 Å². The Morgan fingerprint density at radius 1 is 1.00 bits per heavy atom. The Kier molecular flexibility index (Phi) is 5.59. The lowest BCUT2D eigenvalue weighted by Crippen LogP contribution is -2.12. The average molecular weight is 477 g/mol. The highest BCUT2D eigenvalue weighted by atomic mass is 32.2. The molecular weight excluding hydrogens is 452 g/mol. The quantitative estimate of drug-likeness (QED) is 0.292. The summed E-state index contributed by atoms with van der Waals surface area (Å²) in [6.07, 6.45) is 6.65. The number of aromatic nitrogens is 5. The molecule has 0 unspecified atom stereocenters. The van der Waals surface area contributed by atoms with E-state index in [0.29, 0.717) is 18.5 Å². The number of allylic oxidation sites excluding steroid dienone is 1. The molecule has 0 radical (unpaired) electrons. The molecule has 6 nitrogen and oxygen atoms in total. The van der Waals surface area contributed by atoms with Crippen molar-refractivity contribution in [1.29, 1.82) is 5.26 Å². The van der Waals surface area contributed by atoms with E-state index >= 15 is 0 Å². The van der Waals surface area contributed by atoms with Crippen molar-refractivity contribution >= 4 is 28.4 Å². The van der Waals surface area contributed by atoms with Gasteiger partial charge in [0.05, 0.1) is 21.6 Å². The Bertz CT molecular complexity index is 1610. The highest BCUT2D eigenvalue weighted by Gasteiger charge is 2.26. The third-order valence-corrected chi connectivity index (χ3v) is 7.73. The first kappa shape index (κ1) is 21.6. The molecule has 2 aromatic carbocycles. The number of benzene rings is 2. The van der Waals surface area contributed by atoms with Crippen LogP contribution in [0.5, 0.6) is 0 Å². The lowest BCUT2D eigenvalue weighted by molar-refractivity contribution is 0.661. The average Bonchev–Trinajstić information content (AvgIpc) is 3.46. The number of hydrogen-bond donors (Lipinski definition) is 0. The van der Waals surface area contributed by atoms with Gasteiger partial charge in [0.1, 0.15) is 11.9 Å². The van der Waals surface area contributed by atoms with Crippen LogP contribution in [0, 0.1) is 11.3 Å². The Hall–Kier alpha value is -3.89. The van der Waals surface area contributed by atoms with Crippen LogP contribution in [0.25, 0.3) is 16.7 Å². The SMILES string of the molecule is C=CCn1c(Cc2ccccc2)nnc1Sc1c2c(c(C#N)c3nc4ccccc4n13)CCCC2. The van der Waals surface area contributed by atoms with Gasteiger partial charge in [0.25, 0.3) is 0 Å². The van der Waals surface area contributed by atoms with E-state index in [1.165, 1.54) is 11.1 Å². The van der Waals surface area contributed by atoms with Gasteiger partial charge in [0.2, 0.25) is 0 Å². The smallest absolute Gasteiger partial charge is 0.197 e. The number of imidazole rings is 1. The number of nitriles is 1. The second-order valence-corrected chi connectivity index (χ2v) is 9.73. The molecule has 0 bridgehead atoms. The van der Waals surface area contributed by atoms with Gasteiger partial charge < -0.3 is 4.57 Å². The molecule has 0 amide bonds. The highest BCUT2D eigenvalue weighted by molar-refractivity contribution is 7.99. The van der Waals surface area contributed by atoms with Gasteiger partial charge in [-0.25, -0.2) is 4.98 Å². The third-order valence-electron chi connectivity index (χ3n) is 6.63. The zero-order chi connectivity index (χ0) is 23.8. The molecule has 172 valence electrons. The van der Waals surface area contributed by atoms with Crippen molar-refractivity contribution in [3.63, 3.8) is 0 Å². The van der Waals surface area contributed by atoms with Crippen molar-refractivity contribution < 1.29 is 0 Å². The van der Waals surface area contributed by atoms with Crippen molar-refractivity contribution in [1.82, 2.24) is 24.1 Å². The predicted molar refractivity (Wildman–Crippen MR) is 138 cm³/mol. The maximum atomic E-state index is 10.1. The molecular formula is C28H24N6S. The molecule has 1 aliphatic rings. The van der Waals surface area contributed by atoms with Gasteiger partial charge in [-0.05, 0) is 66.3 Å². The molecule has 1 aliphatic carbocycles. The maximum absolute atomic E-state index is 10.1. The third kappa shape index (κ3) is 3.71. The van der Waals surface area contributed by atoms with Crippen LogP contribution in [-0.4, -0.2) is 24.1 Å². The zero-order valence-corrected chi connectivity index (χ0v) is 20.1. The number of hydrogen-bond acceptors (Lipinski definition) is 5. The number of rotatable bonds is 6. The first-order valence-corrected chi connectivity index (χ1v) is 12.7. The van der Waals surface area contributed by atoms with Gasteiger partial charge in [0, 0.05) is 13.0 Å². The van der Waals surface area contributed by atoms with Gasteiger partial charge in [-0.3, -0.25) is 4.40 Å².